The van der Waals surface area contributed by atoms with Crippen LogP contribution in [0.2, 0.25) is 5.02 Å². The molecule has 0 aliphatic carbocycles. The minimum atomic E-state index is -0.466. The number of benzene rings is 2. The molecule has 1 amide bonds. The van der Waals surface area contributed by atoms with E-state index in [1.54, 1.807) is 48.5 Å². The van der Waals surface area contributed by atoms with E-state index in [4.69, 9.17) is 21.1 Å². The maximum Gasteiger partial charge on any atom is 0.343 e. The maximum atomic E-state index is 11.8. The van der Waals surface area contributed by atoms with E-state index in [0.717, 1.165) is 0 Å². The highest BCUT2D eigenvalue weighted by Gasteiger charge is 2.05. The highest BCUT2D eigenvalue weighted by molar-refractivity contribution is 6.30. The molecule has 0 fully saturated rings. The van der Waals surface area contributed by atoms with Gasteiger partial charge in [-0.05, 0) is 48.5 Å². The first kappa shape index (κ1) is 17.6. The number of nitrogens with one attached hydrogen (secondary N) is 1. The van der Waals surface area contributed by atoms with E-state index in [-0.39, 0.29) is 19.1 Å². The van der Waals surface area contributed by atoms with Gasteiger partial charge in [0.2, 0.25) is 0 Å². The van der Waals surface area contributed by atoms with E-state index in [0.29, 0.717) is 22.2 Å². The highest BCUT2D eigenvalue weighted by atomic mass is 35.5. The van der Waals surface area contributed by atoms with Gasteiger partial charge < -0.3 is 19.5 Å². The van der Waals surface area contributed by atoms with Crippen LogP contribution in [0, 0.1) is 0 Å². The number of hydrogen-bond donors (Lipinski definition) is 1. The van der Waals surface area contributed by atoms with Crippen molar-refractivity contribution in [1.82, 2.24) is 0 Å². The molecular formula is C17H16ClNO5. The summed E-state index contributed by atoms with van der Waals surface area (Å²) in [5.74, 6) is 0.289. The molecule has 0 unspecified atom stereocenters. The van der Waals surface area contributed by atoms with Crippen LogP contribution in [-0.2, 0) is 14.3 Å². The zero-order valence-corrected chi connectivity index (χ0v) is 13.7. The van der Waals surface area contributed by atoms with Gasteiger partial charge >= 0.3 is 5.97 Å². The topological polar surface area (TPSA) is 73.9 Å². The van der Waals surface area contributed by atoms with Crippen molar-refractivity contribution in [3.63, 3.8) is 0 Å². The second-order valence-corrected chi connectivity index (χ2v) is 5.12. The standard InChI is InChI=1S/C17H16ClNO5/c1-22-17(21)11-24-15-8-4-13(5-9-15)19-16(20)10-23-14-6-2-12(18)3-7-14/h2-9H,10-11H2,1H3,(H,19,20). The van der Waals surface area contributed by atoms with Gasteiger partial charge in [-0.2, -0.15) is 0 Å². The number of halogens is 1. The molecule has 2 aromatic carbocycles. The predicted octanol–water partition coefficient (Wildman–Crippen LogP) is 2.91. The van der Waals surface area contributed by atoms with Crippen molar-refractivity contribution in [2.75, 3.05) is 25.6 Å². The Hall–Kier alpha value is -2.73. The summed E-state index contributed by atoms with van der Waals surface area (Å²) in [7, 11) is 1.29. The summed E-state index contributed by atoms with van der Waals surface area (Å²) in [6, 6.07) is 13.3. The van der Waals surface area contributed by atoms with Gasteiger partial charge in [0.25, 0.3) is 5.91 Å². The third-order valence-electron chi connectivity index (χ3n) is 2.91. The zero-order valence-electron chi connectivity index (χ0n) is 13.0. The van der Waals surface area contributed by atoms with Crippen molar-refractivity contribution in [2.24, 2.45) is 0 Å². The van der Waals surface area contributed by atoms with Gasteiger partial charge in [-0.15, -0.1) is 0 Å². The Morgan fingerprint density at radius 1 is 0.917 bits per heavy atom. The smallest absolute Gasteiger partial charge is 0.343 e. The summed E-state index contributed by atoms with van der Waals surface area (Å²) in [6.07, 6.45) is 0. The summed E-state index contributed by atoms with van der Waals surface area (Å²) in [5, 5.41) is 3.29. The maximum absolute atomic E-state index is 11.8. The molecule has 2 rings (SSSR count). The van der Waals surface area contributed by atoms with Crippen LogP contribution in [0.5, 0.6) is 11.5 Å². The van der Waals surface area contributed by atoms with E-state index in [2.05, 4.69) is 10.1 Å². The molecule has 2 aromatic rings. The molecule has 0 aliphatic heterocycles. The second-order valence-electron chi connectivity index (χ2n) is 4.68. The number of hydrogen-bond acceptors (Lipinski definition) is 5. The van der Waals surface area contributed by atoms with Crippen LogP contribution in [-0.4, -0.2) is 32.2 Å². The van der Waals surface area contributed by atoms with Crippen LogP contribution in [0.3, 0.4) is 0 Å². The molecule has 0 aliphatic rings. The van der Waals surface area contributed by atoms with Crippen molar-refractivity contribution in [3.05, 3.63) is 53.6 Å². The van der Waals surface area contributed by atoms with Crippen molar-refractivity contribution >= 4 is 29.2 Å². The Balaban J connectivity index is 1.79. The van der Waals surface area contributed by atoms with E-state index in [1.165, 1.54) is 7.11 Å². The van der Waals surface area contributed by atoms with E-state index in [9.17, 15) is 9.59 Å². The lowest BCUT2D eigenvalue weighted by Gasteiger charge is -2.09. The first-order valence-corrected chi connectivity index (χ1v) is 7.42. The predicted molar refractivity (Wildman–Crippen MR) is 89.5 cm³/mol. The van der Waals surface area contributed by atoms with Gasteiger partial charge in [0, 0.05) is 10.7 Å². The Morgan fingerprint density at radius 2 is 1.46 bits per heavy atom. The monoisotopic (exact) mass is 349 g/mol. The Labute approximate surface area is 144 Å². The van der Waals surface area contributed by atoms with Gasteiger partial charge in [-0.25, -0.2) is 4.79 Å². The normalized spacial score (nSPS) is 9.92. The fraction of sp³-hybridized carbons (Fsp3) is 0.176. The quantitative estimate of drug-likeness (QED) is 0.778. The lowest BCUT2D eigenvalue weighted by molar-refractivity contribution is -0.142. The summed E-state index contributed by atoms with van der Waals surface area (Å²) >= 11 is 5.77. The molecule has 6 nitrogen and oxygen atoms in total. The highest BCUT2D eigenvalue weighted by Crippen LogP contribution is 2.17. The molecule has 0 heterocycles. The average molecular weight is 350 g/mol. The molecule has 0 atom stereocenters. The van der Waals surface area contributed by atoms with E-state index < -0.39 is 5.97 Å². The van der Waals surface area contributed by atoms with Crippen LogP contribution < -0.4 is 14.8 Å². The number of ether oxygens (including phenoxy) is 3. The average Bonchev–Trinajstić information content (AvgIpc) is 2.60. The van der Waals surface area contributed by atoms with Crippen LogP contribution in [0.25, 0.3) is 0 Å². The van der Waals surface area contributed by atoms with Gasteiger partial charge in [0.05, 0.1) is 7.11 Å². The molecule has 7 heteroatoms. The number of rotatable bonds is 7. The number of methoxy groups -OCH3 is 1. The summed E-state index contributed by atoms with van der Waals surface area (Å²) in [6.45, 7) is -0.292. The van der Waals surface area contributed by atoms with Crippen LogP contribution in [0.4, 0.5) is 5.69 Å². The SMILES string of the molecule is COC(=O)COc1ccc(NC(=O)COc2ccc(Cl)cc2)cc1. The number of amides is 1. The van der Waals surface area contributed by atoms with Gasteiger partial charge in [0.15, 0.2) is 13.2 Å². The van der Waals surface area contributed by atoms with Crippen LogP contribution >= 0.6 is 11.6 Å². The van der Waals surface area contributed by atoms with Gasteiger partial charge in [0.1, 0.15) is 11.5 Å². The minimum Gasteiger partial charge on any atom is -0.484 e. The van der Waals surface area contributed by atoms with E-state index >= 15 is 0 Å². The molecule has 0 bridgehead atoms. The lowest BCUT2D eigenvalue weighted by Crippen LogP contribution is -2.20. The van der Waals surface area contributed by atoms with Crippen LogP contribution in [0.1, 0.15) is 0 Å². The lowest BCUT2D eigenvalue weighted by atomic mass is 10.3. The molecular weight excluding hydrogens is 334 g/mol. The van der Waals surface area contributed by atoms with Gasteiger partial charge in [-0.1, -0.05) is 11.6 Å². The van der Waals surface area contributed by atoms with Crippen molar-refractivity contribution in [2.45, 2.75) is 0 Å². The summed E-state index contributed by atoms with van der Waals surface area (Å²) < 4.78 is 15.0. The number of carbonyl (C=O) groups is 2. The number of anilines is 1. The largest absolute Gasteiger partial charge is 0.484 e. The van der Waals surface area contributed by atoms with Crippen molar-refractivity contribution < 1.29 is 23.8 Å². The van der Waals surface area contributed by atoms with E-state index in [1.807, 2.05) is 0 Å². The molecule has 24 heavy (non-hydrogen) atoms. The molecule has 126 valence electrons. The second kappa shape index (κ2) is 8.79. The molecule has 0 radical (unpaired) electrons. The fourth-order valence-electron chi connectivity index (χ4n) is 1.71. The summed E-state index contributed by atoms with van der Waals surface area (Å²) in [5.41, 5.74) is 0.588. The Bertz CT molecular complexity index is 685. The molecule has 1 N–H and O–H groups in total. The fourth-order valence-corrected chi connectivity index (χ4v) is 1.84. The Kier molecular flexibility index (Phi) is 6.45. The van der Waals surface area contributed by atoms with Gasteiger partial charge in [-0.3, -0.25) is 4.79 Å². The summed E-state index contributed by atoms with van der Waals surface area (Å²) in [4.78, 5) is 22.8. The van der Waals surface area contributed by atoms with Crippen molar-refractivity contribution in [1.29, 1.82) is 0 Å². The first-order valence-electron chi connectivity index (χ1n) is 7.05. The third-order valence-corrected chi connectivity index (χ3v) is 3.16. The van der Waals surface area contributed by atoms with Crippen molar-refractivity contribution in [3.8, 4) is 11.5 Å². The minimum absolute atomic E-state index is 0.123. The molecule has 0 saturated carbocycles. The number of carbonyl (C=O) groups excluding carboxylic acids is 2. The first-order chi connectivity index (χ1) is 11.6. The molecule has 0 spiro atoms. The molecule has 0 saturated heterocycles. The van der Waals surface area contributed by atoms with Crippen LogP contribution in [0.15, 0.2) is 48.5 Å². The zero-order chi connectivity index (χ0) is 17.4. The number of esters is 1. The Morgan fingerprint density at radius 3 is 2.04 bits per heavy atom. The molecule has 0 aromatic heterocycles. The third kappa shape index (κ3) is 5.81.